The van der Waals surface area contributed by atoms with Crippen LogP contribution in [0.2, 0.25) is 0 Å². The quantitative estimate of drug-likeness (QED) is 0.729. The molecule has 0 unspecified atom stereocenters. The highest BCUT2D eigenvalue weighted by Crippen LogP contribution is 2.27. The van der Waals surface area contributed by atoms with Crippen molar-refractivity contribution in [1.82, 2.24) is 10.3 Å². The fraction of sp³-hybridized carbons (Fsp3) is 0.333. The first-order valence-corrected chi connectivity index (χ1v) is 7.71. The first-order chi connectivity index (χ1) is 10.7. The molecule has 0 aliphatic carbocycles. The summed E-state index contributed by atoms with van der Waals surface area (Å²) >= 11 is 1.15. The minimum absolute atomic E-state index is 0.00789. The smallest absolute Gasteiger partial charge is 0.263 e. The number of nitrogens with one attached hydrogen (secondary N) is 1. The average molecular weight is 324 g/mol. The minimum Gasteiger partial charge on any atom is -0.394 e. The van der Waals surface area contributed by atoms with E-state index in [1.165, 1.54) is 12.3 Å². The molecule has 1 aromatic carbocycles. The molecule has 1 aromatic heterocycles. The average Bonchev–Trinajstić information content (AvgIpc) is 3.01. The van der Waals surface area contributed by atoms with Gasteiger partial charge in [0, 0.05) is 18.7 Å². The second-order valence-corrected chi connectivity index (χ2v) is 5.49. The number of thiazole rings is 1. The number of carbonyl (C=O) groups excluding carboxylic acids is 1. The van der Waals surface area contributed by atoms with E-state index < -0.39 is 0 Å². The Balaban J connectivity index is 1.86. The van der Waals surface area contributed by atoms with E-state index >= 15 is 0 Å². The van der Waals surface area contributed by atoms with Crippen molar-refractivity contribution in [2.45, 2.75) is 6.42 Å². The van der Waals surface area contributed by atoms with Gasteiger partial charge in [0.05, 0.1) is 19.4 Å². The summed E-state index contributed by atoms with van der Waals surface area (Å²) in [4.78, 5) is 16.5. The van der Waals surface area contributed by atoms with Crippen LogP contribution in [0.1, 0.15) is 16.1 Å². The van der Waals surface area contributed by atoms with Crippen molar-refractivity contribution >= 4 is 17.2 Å². The van der Waals surface area contributed by atoms with E-state index in [9.17, 15) is 9.18 Å². The minimum atomic E-state index is -0.357. The normalized spacial score (nSPS) is 10.6. The number of halogens is 1. The van der Waals surface area contributed by atoms with Gasteiger partial charge in [0.25, 0.3) is 5.91 Å². The lowest BCUT2D eigenvalue weighted by atomic mass is 10.2. The van der Waals surface area contributed by atoms with Crippen LogP contribution in [0, 0.1) is 5.82 Å². The molecule has 0 aliphatic rings. The number of nitrogens with zero attached hydrogens (tertiary/aromatic N) is 1. The Morgan fingerprint density at radius 1 is 1.36 bits per heavy atom. The molecule has 0 saturated heterocycles. The van der Waals surface area contributed by atoms with Crippen LogP contribution in [-0.4, -0.2) is 42.4 Å². The molecule has 1 amide bonds. The number of benzene rings is 1. The Hall–Kier alpha value is -1.83. The van der Waals surface area contributed by atoms with Crippen LogP contribution >= 0.6 is 11.3 Å². The molecule has 0 bridgehead atoms. The number of aliphatic hydroxyl groups excluding tert-OH is 1. The Bertz CT molecular complexity index is 618. The number of rotatable bonds is 8. The second kappa shape index (κ2) is 8.57. The molecule has 0 fully saturated rings. The summed E-state index contributed by atoms with van der Waals surface area (Å²) in [7, 11) is 0. The first kappa shape index (κ1) is 16.5. The molecular formula is C15H17FN2O3S. The largest absolute Gasteiger partial charge is 0.394 e. The third-order valence-electron chi connectivity index (χ3n) is 2.82. The van der Waals surface area contributed by atoms with Gasteiger partial charge in [-0.1, -0.05) is 12.1 Å². The molecule has 2 aromatic rings. The topological polar surface area (TPSA) is 71.5 Å². The molecule has 0 atom stereocenters. The zero-order valence-electron chi connectivity index (χ0n) is 11.9. The van der Waals surface area contributed by atoms with Crippen LogP contribution in [0.15, 0.2) is 30.5 Å². The van der Waals surface area contributed by atoms with Gasteiger partial charge in [0.15, 0.2) is 0 Å². The third-order valence-corrected chi connectivity index (χ3v) is 3.85. The van der Waals surface area contributed by atoms with Gasteiger partial charge in [-0.15, -0.1) is 11.3 Å². The van der Waals surface area contributed by atoms with Gasteiger partial charge in [0.2, 0.25) is 0 Å². The lowest BCUT2D eigenvalue weighted by Crippen LogP contribution is -2.24. The maximum absolute atomic E-state index is 13.7. The predicted molar refractivity (Wildman–Crippen MR) is 82.4 cm³/mol. The van der Waals surface area contributed by atoms with Crippen molar-refractivity contribution < 1.29 is 19.0 Å². The van der Waals surface area contributed by atoms with Crippen LogP contribution in [0.3, 0.4) is 0 Å². The first-order valence-electron chi connectivity index (χ1n) is 6.90. The number of aromatic nitrogens is 1. The lowest BCUT2D eigenvalue weighted by Gasteiger charge is -2.03. The van der Waals surface area contributed by atoms with E-state index in [1.807, 2.05) is 0 Å². The van der Waals surface area contributed by atoms with Gasteiger partial charge in [0.1, 0.15) is 15.7 Å². The SMILES string of the molecule is O=C(NCCCOCCO)c1cnc(-c2ccccc2F)s1. The molecule has 2 N–H and O–H groups in total. The molecule has 0 saturated carbocycles. The van der Waals surface area contributed by atoms with Crippen molar-refractivity contribution in [2.75, 3.05) is 26.4 Å². The van der Waals surface area contributed by atoms with E-state index in [2.05, 4.69) is 10.3 Å². The summed E-state index contributed by atoms with van der Waals surface area (Å²) in [6.45, 7) is 1.24. The Kier molecular flexibility index (Phi) is 6.45. The van der Waals surface area contributed by atoms with Gasteiger partial charge in [-0.05, 0) is 18.6 Å². The molecule has 0 spiro atoms. The fourth-order valence-corrected chi connectivity index (χ4v) is 2.63. The highest BCUT2D eigenvalue weighted by Gasteiger charge is 2.13. The number of carbonyl (C=O) groups is 1. The summed E-state index contributed by atoms with van der Waals surface area (Å²) in [6.07, 6.45) is 2.11. The van der Waals surface area contributed by atoms with E-state index in [-0.39, 0.29) is 18.3 Å². The highest BCUT2D eigenvalue weighted by atomic mass is 32.1. The molecule has 22 heavy (non-hydrogen) atoms. The highest BCUT2D eigenvalue weighted by molar-refractivity contribution is 7.16. The number of amides is 1. The monoisotopic (exact) mass is 324 g/mol. The lowest BCUT2D eigenvalue weighted by molar-refractivity contribution is 0.0869. The molecule has 5 nitrogen and oxygen atoms in total. The summed E-state index contributed by atoms with van der Waals surface area (Å²) in [5.41, 5.74) is 0.393. The molecule has 118 valence electrons. The number of aliphatic hydroxyl groups is 1. The summed E-state index contributed by atoms with van der Waals surface area (Å²) in [5.74, 6) is -0.591. The van der Waals surface area contributed by atoms with Crippen LogP contribution in [0.5, 0.6) is 0 Å². The van der Waals surface area contributed by atoms with Crippen LogP contribution in [0.25, 0.3) is 10.6 Å². The van der Waals surface area contributed by atoms with Crippen molar-refractivity contribution in [3.8, 4) is 10.6 Å². The molecule has 2 rings (SSSR count). The molecule has 7 heteroatoms. The zero-order chi connectivity index (χ0) is 15.8. The van der Waals surface area contributed by atoms with Crippen LogP contribution < -0.4 is 5.32 Å². The maximum Gasteiger partial charge on any atom is 0.263 e. The van der Waals surface area contributed by atoms with E-state index in [4.69, 9.17) is 9.84 Å². The standard InChI is InChI=1S/C15H17FN2O3S/c16-12-5-2-1-4-11(12)15-18-10-13(22-15)14(20)17-6-3-8-21-9-7-19/h1-2,4-5,10,19H,3,6-9H2,(H,17,20). The van der Waals surface area contributed by atoms with Gasteiger partial charge in [-0.3, -0.25) is 4.79 Å². The summed E-state index contributed by atoms with van der Waals surface area (Å²) in [6, 6.07) is 6.34. The molecular weight excluding hydrogens is 307 g/mol. The van der Waals surface area contributed by atoms with Crippen molar-refractivity contribution in [2.24, 2.45) is 0 Å². The zero-order valence-corrected chi connectivity index (χ0v) is 12.7. The Morgan fingerprint density at radius 3 is 2.95 bits per heavy atom. The second-order valence-electron chi connectivity index (χ2n) is 4.45. The van der Waals surface area contributed by atoms with E-state index in [1.54, 1.807) is 18.2 Å². The molecule has 0 aliphatic heterocycles. The molecule has 0 radical (unpaired) electrons. The van der Waals surface area contributed by atoms with Crippen molar-refractivity contribution in [1.29, 1.82) is 0 Å². The van der Waals surface area contributed by atoms with Crippen LogP contribution in [-0.2, 0) is 4.74 Å². The van der Waals surface area contributed by atoms with Crippen molar-refractivity contribution in [3.63, 3.8) is 0 Å². The molecule has 1 heterocycles. The summed E-state index contributed by atoms with van der Waals surface area (Å²) < 4.78 is 18.8. The number of hydrogen-bond donors (Lipinski definition) is 2. The fourth-order valence-electron chi connectivity index (χ4n) is 1.77. The third kappa shape index (κ3) is 4.59. The van der Waals surface area contributed by atoms with Crippen LogP contribution in [0.4, 0.5) is 4.39 Å². The number of hydrogen-bond acceptors (Lipinski definition) is 5. The predicted octanol–water partition coefficient (Wildman–Crippen LogP) is 2.08. The van der Waals surface area contributed by atoms with Gasteiger partial charge < -0.3 is 15.2 Å². The Morgan fingerprint density at radius 2 is 2.18 bits per heavy atom. The Labute approximate surface area is 131 Å². The van der Waals surface area contributed by atoms with Crippen molar-refractivity contribution in [3.05, 3.63) is 41.2 Å². The van der Waals surface area contributed by atoms with Gasteiger partial charge >= 0.3 is 0 Å². The maximum atomic E-state index is 13.7. The van der Waals surface area contributed by atoms with E-state index in [0.29, 0.717) is 41.6 Å². The number of ether oxygens (including phenoxy) is 1. The van der Waals surface area contributed by atoms with Gasteiger partial charge in [-0.2, -0.15) is 0 Å². The summed E-state index contributed by atoms with van der Waals surface area (Å²) in [5, 5.41) is 11.8. The van der Waals surface area contributed by atoms with E-state index in [0.717, 1.165) is 11.3 Å². The van der Waals surface area contributed by atoms with Gasteiger partial charge in [-0.25, -0.2) is 9.37 Å².